The van der Waals surface area contributed by atoms with E-state index in [2.05, 4.69) is 24.9 Å². The number of oxazole rings is 1. The first kappa shape index (κ1) is 12.6. The third-order valence-electron chi connectivity index (χ3n) is 3.09. The summed E-state index contributed by atoms with van der Waals surface area (Å²) >= 11 is 0. The molecule has 0 aliphatic heterocycles. The molecule has 4 heteroatoms. The Labute approximate surface area is 107 Å². The summed E-state index contributed by atoms with van der Waals surface area (Å²) in [5.41, 5.74) is 9.68. The van der Waals surface area contributed by atoms with E-state index < -0.39 is 0 Å². The van der Waals surface area contributed by atoms with Gasteiger partial charge in [0.25, 0.3) is 0 Å². The van der Waals surface area contributed by atoms with Crippen LogP contribution in [0.25, 0.3) is 11.3 Å². The van der Waals surface area contributed by atoms with Crippen molar-refractivity contribution in [2.45, 2.75) is 27.3 Å². The zero-order chi connectivity index (χ0) is 13.3. The van der Waals surface area contributed by atoms with Gasteiger partial charge in [0.1, 0.15) is 17.2 Å². The van der Waals surface area contributed by atoms with Crippen LogP contribution in [0.1, 0.15) is 22.8 Å². The molecule has 0 amide bonds. The average Bonchev–Trinajstić information content (AvgIpc) is 2.73. The van der Waals surface area contributed by atoms with E-state index in [4.69, 9.17) is 14.9 Å². The molecule has 0 unspecified atom stereocenters. The van der Waals surface area contributed by atoms with Crippen molar-refractivity contribution in [2.24, 2.45) is 5.73 Å². The van der Waals surface area contributed by atoms with E-state index in [9.17, 15) is 0 Å². The summed E-state index contributed by atoms with van der Waals surface area (Å²) in [6, 6.07) is 4.08. The summed E-state index contributed by atoms with van der Waals surface area (Å²) in [6.45, 7) is 6.31. The first-order valence-electron chi connectivity index (χ1n) is 5.88. The Morgan fingerprint density at radius 2 is 1.89 bits per heavy atom. The van der Waals surface area contributed by atoms with Crippen molar-refractivity contribution in [3.05, 3.63) is 34.9 Å². The third kappa shape index (κ3) is 2.11. The van der Waals surface area contributed by atoms with E-state index in [-0.39, 0.29) is 0 Å². The fourth-order valence-corrected chi connectivity index (χ4v) is 1.93. The van der Waals surface area contributed by atoms with Crippen LogP contribution < -0.4 is 10.5 Å². The molecule has 0 fully saturated rings. The minimum Gasteiger partial charge on any atom is -0.496 e. The second-order valence-electron chi connectivity index (χ2n) is 4.35. The molecule has 0 saturated carbocycles. The minimum absolute atomic E-state index is 0.300. The molecule has 0 atom stereocenters. The lowest BCUT2D eigenvalue weighted by atomic mass is 10.0. The van der Waals surface area contributed by atoms with E-state index in [0.29, 0.717) is 12.4 Å². The summed E-state index contributed by atoms with van der Waals surface area (Å²) in [6.07, 6.45) is 0. The standard InChI is InChI=1S/C14H18N2O2/c1-8-5-11(12(17-4)6-9(8)2)14-10(3)18-13(7-15)16-14/h5-6H,7,15H2,1-4H3. The fourth-order valence-electron chi connectivity index (χ4n) is 1.93. The Morgan fingerprint density at radius 3 is 2.44 bits per heavy atom. The maximum atomic E-state index is 5.55. The van der Waals surface area contributed by atoms with Crippen molar-refractivity contribution < 1.29 is 9.15 Å². The topological polar surface area (TPSA) is 61.3 Å². The van der Waals surface area contributed by atoms with Crippen molar-refractivity contribution in [1.82, 2.24) is 4.98 Å². The van der Waals surface area contributed by atoms with E-state index in [1.165, 1.54) is 11.1 Å². The predicted molar refractivity (Wildman–Crippen MR) is 70.6 cm³/mol. The van der Waals surface area contributed by atoms with Crippen LogP contribution in [0, 0.1) is 20.8 Å². The number of rotatable bonds is 3. The number of aromatic nitrogens is 1. The largest absolute Gasteiger partial charge is 0.496 e. The number of ether oxygens (including phenoxy) is 1. The monoisotopic (exact) mass is 246 g/mol. The first-order valence-corrected chi connectivity index (χ1v) is 5.88. The van der Waals surface area contributed by atoms with Gasteiger partial charge in [-0.2, -0.15) is 0 Å². The molecule has 0 radical (unpaired) electrons. The Hall–Kier alpha value is -1.81. The molecule has 0 saturated heterocycles. The van der Waals surface area contributed by atoms with Crippen molar-refractivity contribution >= 4 is 0 Å². The molecule has 96 valence electrons. The Balaban J connectivity index is 2.61. The Morgan fingerprint density at radius 1 is 1.22 bits per heavy atom. The number of methoxy groups -OCH3 is 1. The quantitative estimate of drug-likeness (QED) is 0.904. The molecule has 0 aliphatic carbocycles. The van der Waals surface area contributed by atoms with Gasteiger partial charge < -0.3 is 14.9 Å². The van der Waals surface area contributed by atoms with Gasteiger partial charge in [-0.25, -0.2) is 4.98 Å². The Bertz CT molecular complexity index is 573. The van der Waals surface area contributed by atoms with Gasteiger partial charge in [-0.15, -0.1) is 0 Å². The van der Waals surface area contributed by atoms with Crippen LogP contribution >= 0.6 is 0 Å². The van der Waals surface area contributed by atoms with Gasteiger partial charge in [0, 0.05) is 5.56 Å². The van der Waals surface area contributed by atoms with Crippen molar-refractivity contribution in [3.63, 3.8) is 0 Å². The van der Waals surface area contributed by atoms with E-state index in [1.54, 1.807) is 7.11 Å². The molecular weight excluding hydrogens is 228 g/mol. The van der Waals surface area contributed by atoms with Crippen LogP contribution in [-0.4, -0.2) is 12.1 Å². The molecule has 0 spiro atoms. The van der Waals surface area contributed by atoms with Crippen molar-refractivity contribution in [2.75, 3.05) is 7.11 Å². The summed E-state index contributed by atoms with van der Waals surface area (Å²) in [5.74, 6) is 2.11. The number of hydrogen-bond acceptors (Lipinski definition) is 4. The number of aryl methyl sites for hydroxylation is 3. The SMILES string of the molecule is COc1cc(C)c(C)cc1-c1nc(CN)oc1C. The second kappa shape index (κ2) is 4.82. The molecular formula is C14H18N2O2. The van der Waals surface area contributed by atoms with Gasteiger partial charge in [0.05, 0.1) is 13.7 Å². The molecule has 2 rings (SSSR count). The molecule has 2 N–H and O–H groups in total. The molecule has 0 aliphatic rings. The number of hydrogen-bond donors (Lipinski definition) is 1. The van der Waals surface area contributed by atoms with Crippen LogP contribution in [0.4, 0.5) is 0 Å². The zero-order valence-corrected chi connectivity index (χ0v) is 11.2. The zero-order valence-electron chi connectivity index (χ0n) is 11.2. The molecule has 0 bridgehead atoms. The van der Waals surface area contributed by atoms with Crippen LogP contribution in [0.5, 0.6) is 5.75 Å². The van der Waals surface area contributed by atoms with E-state index >= 15 is 0 Å². The molecule has 1 aromatic carbocycles. The molecule has 18 heavy (non-hydrogen) atoms. The van der Waals surface area contributed by atoms with Gasteiger partial charge in [-0.3, -0.25) is 0 Å². The fraction of sp³-hybridized carbons (Fsp3) is 0.357. The lowest BCUT2D eigenvalue weighted by Gasteiger charge is -2.10. The summed E-state index contributed by atoms with van der Waals surface area (Å²) in [7, 11) is 1.66. The van der Waals surface area contributed by atoms with Gasteiger partial charge in [-0.05, 0) is 44.0 Å². The third-order valence-corrected chi connectivity index (χ3v) is 3.09. The van der Waals surface area contributed by atoms with E-state index in [0.717, 1.165) is 22.8 Å². The highest BCUT2D eigenvalue weighted by molar-refractivity contribution is 5.70. The Kier molecular flexibility index (Phi) is 3.39. The lowest BCUT2D eigenvalue weighted by molar-refractivity contribution is 0.415. The first-order chi connectivity index (χ1) is 8.56. The average molecular weight is 246 g/mol. The smallest absolute Gasteiger partial charge is 0.208 e. The van der Waals surface area contributed by atoms with Gasteiger partial charge in [0.2, 0.25) is 5.89 Å². The molecule has 4 nitrogen and oxygen atoms in total. The predicted octanol–water partition coefficient (Wildman–Crippen LogP) is 2.73. The van der Waals surface area contributed by atoms with Gasteiger partial charge in [-0.1, -0.05) is 0 Å². The highest BCUT2D eigenvalue weighted by atomic mass is 16.5. The second-order valence-corrected chi connectivity index (χ2v) is 4.35. The maximum Gasteiger partial charge on any atom is 0.208 e. The number of nitrogens with zero attached hydrogens (tertiary/aromatic N) is 1. The minimum atomic E-state index is 0.300. The summed E-state index contributed by atoms with van der Waals surface area (Å²) in [5, 5.41) is 0. The van der Waals surface area contributed by atoms with Crippen LogP contribution in [0.2, 0.25) is 0 Å². The van der Waals surface area contributed by atoms with Gasteiger partial charge in [0.15, 0.2) is 0 Å². The molecule has 1 aromatic heterocycles. The summed E-state index contributed by atoms with van der Waals surface area (Å²) < 4.78 is 10.9. The molecule has 2 aromatic rings. The number of benzene rings is 1. The van der Waals surface area contributed by atoms with Crippen molar-refractivity contribution in [3.8, 4) is 17.0 Å². The highest BCUT2D eigenvalue weighted by Crippen LogP contribution is 2.34. The molecule has 1 heterocycles. The number of nitrogens with two attached hydrogens (primary N) is 1. The lowest BCUT2D eigenvalue weighted by Crippen LogP contribution is -1.96. The maximum absolute atomic E-state index is 5.55. The van der Waals surface area contributed by atoms with Crippen LogP contribution in [0.15, 0.2) is 16.5 Å². The van der Waals surface area contributed by atoms with E-state index in [1.807, 2.05) is 13.0 Å². The summed E-state index contributed by atoms with van der Waals surface area (Å²) in [4.78, 5) is 4.41. The van der Waals surface area contributed by atoms with Crippen LogP contribution in [0.3, 0.4) is 0 Å². The highest BCUT2D eigenvalue weighted by Gasteiger charge is 2.16. The van der Waals surface area contributed by atoms with Crippen molar-refractivity contribution in [1.29, 1.82) is 0 Å². The van der Waals surface area contributed by atoms with Gasteiger partial charge >= 0.3 is 0 Å². The normalized spacial score (nSPS) is 10.7. The van der Waals surface area contributed by atoms with Crippen LogP contribution in [-0.2, 0) is 6.54 Å².